The van der Waals surface area contributed by atoms with Crippen LogP contribution in [0.2, 0.25) is 0 Å². The summed E-state index contributed by atoms with van der Waals surface area (Å²) < 4.78 is 0. The summed E-state index contributed by atoms with van der Waals surface area (Å²) >= 11 is 0. The molecule has 0 radical (unpaired) electrons. The molecule has 2 nitrogen and oxygen atoms in total. The first kappa shape index (κ1) is 18.9. The normalized spacial score (nSPS) is 19.0. The van der Waals surface area contributed by atoms with Crippen LogP contribution in [0.3, 0.4) is 0 Å². The van der Waals surface area contributed by atoms with E-state index in [0.717, 1.165) is 19.4 Å². The summed E-state index contributed by atoms with van der Waals surface area (Å²) in [5, 5.41) is 0. The van der Waals surface area contributed by atoms with E-state index >= 15 is 0 Å². The largest absolute Gasteiger partial charge is 0.288 e. The monoisotopic (exact) mass is 326 g/mol. The molecule has 0 aromatic heterocycles. The highest BCUT2D eigenvalue weighted by molar-refractivity contribution is 6.43. The smallest absolute Gasteiger partial charge is 0.0702 e. The lowest BCUT2D eigenvalue weighted by atomic mass is 9.91. The fourth-order valence-corrected chi connectivity index (χ4v) is 3.31. The standard InChI is InChI=1S/C22H34N2/c1-6-7-15-23-20-13-8-9-14-21(20)24-22-18(16(2)3)11-10-12-19(22)17(4)5/h10-12,16-17H,6-9,13-15H2,1-5H3. The van der Waals surface area contributed by atoms with E-state index in [2.05, 4.69) is 52.8 Å². The third kappa shape index (κ3) is 4.78. The minimum absolute atomic E-state index is 0.493. The molecule has 1 saturated carbocycles. The Kier molecular flexibility index (Phi) is 7.20. The maximum Gasteiger partial charge on any atom is 0.0702 e. The molecule has 1 aliphatic rings. The SMILES string of the molecule is CCCCN=C1CCCCC1=Nc1c(C(C)C)cccc1C(C)C. The molecule has 0 unspecified atom stereocenters. The number of aliphatic imine (C=N–C) groups is 2. The molecule has 132 valence electrons. The Morgan fingerprint density at radius 3 is 2.04 bits per heavy atom. The second-order valence-corrected chi connectivity index (χ2v) is 7.54. The van der Waals surface area contributed by atoms with Gasteiger partial charge in [0.25, 0.3) is 0 Å². The molecule has 1 aromatic carbocycles. The Bertz CT molecular complexity index is 568. The number of hydrogen-bond donors (Lipinski definition) is 0. The summed E-state index contributed by atoms with van der Waals surface area (Å²) in [6, 6.07) is 6.67. The highest BCUT2D eigenvalue weighted by atomic mass is 14.8. The zero-order chi connectivity index (χ0) is 17.5. The van der Waals surface area contributed by atoms with E-state index in [-0.39, 0.29) is 0 Å². The van der Waals surface area contributed by atoms with Gasteiger partial charge in [0.2, 0.25) is 0 Å². The summed E-state index contributed by atoms with van der Waals surface area (Å²) in [7, 11) is 0. The van der Waals surface area contributed by atoms with E-state index in [1.807, 2.05) is 0 Å². The van der Waals surface area contributed by atoms with E-state index in [1.165, 1.54) is 53.9 Å². The molecule has 24 heavy (non-hydrogen) atoms. The van der Waals surface area contributed by atoms with E-state index in [9.17, 15) is 0 Å². The second-order valence-electron chi connectivity index (χ2n) is 7.54. The van der Waals surface area contributed by atoms with Gasteiger partial charge < -0.3 is 0 Å². The fraction of sp³-hybridized carbons (Fsp3) is 0.636. The van der Waals surface area contributed by atoms with Crippen molar-refractivity contribution in [3.05, 3.63) is 29.3 Å². The molecule has 1 aliphatic carbocycles. The molecule has 0 atom stereocenters. The topological polar surface area (TPSA) is 24.7 Å². The van der Waals surface area contributed by atoms with Gasteiger partial charge in [-0.2, -0.15) is 0 Å². The van der Waals surface area contributed by atoms with Crippen molar-refractivity contribution in [1.29, 1.82) is 0 Å². The molecule has 0 N–H and O–H groups in total. The maximum absolute atomic E-state index is 5.21. The van der Waals surface area contributed by atoms with Crippen LogP contribution in [-0.2, 0) is 0 Å². The van der Waals surface area contributed by atoms with Crippen molar-refractivity contribution in [2.24, 2.45) is 9.98 Å². The first-order chi connectivity index (χ1) is 11.5. The first-order valence-corrected chi connectivity index (χ1v) is 9.78. The molecular formula is C22H34N2. The van der Waals surface area contributed by atoms with Crippen LogP contribution in [0, 0.1) is 0 Å². The molecule has 0 aliphatic heterocycles. The Morgan fingerprint density at radius 1 is 0.917 bits per heavy atom. The van der Waals surface area contributed by atoms with Gasteiger partial charge in [0.15, 0.2) is 0 Å². The van der Waals surface area contributed by atoms with Gasteiger partial charge in [-0.3, -0.25) is 9.98 Å². The molecular weight excluding hydrogens is 292 g/mol. The highest BCUT2D eigenvalue weighted by Gasteiger charge is 2.18. The molecule has 2 heteroatoms. The lowest BCUT2D eigenvalue weighted by Gasteiger charge is -2.20. The molecule has 0 heterocycles. The quantitative estimate of drug-likeness (QED) is 0.512. The highest BCUT2D eigenvalue weighted by Crippen LogP contribution is 2.35. The third-order valence-electron chi connectivity index (χ3n) is 4.81. The van der Waals surface area contributed by atoms with Gasteiger partial charge in [-0.15, -0.1) is 0 Å². The number of unbranched alkanes of at least 4 members (excludes halogenated alkanes) is 1. The fourth-order valence-electron chi connectivity index (χ4n) is 3.31. The minimum atomic E-state index is 0.493. The van der Waals surface area contributed by atoms with E-state index in [1.54, 1.807) is 0 Å². The van der Waals surface area contributed by atoms with Crippen LogP contribution in [0.25, 0.3) is 0 Å². The minimum Gasteiger partial charge on any atom is -0.288 e. The second kappa shape index (κ2) is 9.15. The zero-order valence-corrected chi connectivity index (χ0v) is 16.2. The Hall–Kier alpha value is -1.44. The van der Waals surface area contributed by atoms with Crippen molar-refractivity contribution in [1.82, 2.24) is 0 Å². The number of nitrogens with zero attached hydrogens (tertiary/aromatic N) is 2. The van der Waals surface area contributed by atoms with Crippen LogP contribution in [-0.4, -0.2) is 18.0 Å². The molecule has 2 rings (SSSR count). The summed E-state index contributed by atoms with van der Waals surface area (Å²) in [5.41, 5.74) is 6.46. The molecule has 0 bridgehead atoms. The van der Waals surface area contributed by atoms with Crippen LogP contribution in [0.4, 0.5) is 5.69 Å². The van der Waals surface area contributed by atoms with Crippen molar-refractivity contribution in [2.75, 3.05) is 6.54 Å². The number of para-hydroxylation sites is 1. The average molecular weight is 327 g/mol. The zero-order valence-electron chi connectivity index (χ0n) is 16.2. The van der Waals surface area contributed by atoms with Gasteiger partial charge in [0.05, 0.1) is 17.1 Å². The summed E-state index contributed by atoms with van der Waals surface area (Å²) in [5.74, 6) is 0.985. The summed E-state index contributed by atoms with van der Waals surface area (Å²) in [6.07, 6.45) is 7.06. The van der Waals surface area contributed by atoms with Gasteiger partial charge in [-0.1, -0.05) is 59.2 Å². The Labute approximate surface area is 148 Å². The maximum atomic E-state index is 5.21. The Morgan fingerprint density at radius 2 is 1.50 bits per heavy atom. The molecule has 0 spiro atoms. The third-order valence-corrected chi connectivity index (χ3v) is 4.81. The van der Waals surface area contributed by atoms with Crippen molar-refractivity contribution in [3.63, 3.8) is 0 Å². The van der Waals surface area contributed by atoms with Crippen LogP contribution in [0.1, 0.15) is 96.1 Å². The lowest BCUT2D eigenvalue weighted by molar-refractivity contribution is 0.761. The first-order valence-electron chi connectivity index (χ1n) is 9.78. The molecule has 1 fully saturated rings. The Balaban J connectivity index is 2.45. The van der Waals surface area contributed by atoms with Crippen molar-refractivity contribution < 1.29 is 0 Å². The number of hydrogen-bond acceptors (Lipinski definition) is 2. The van der Waals surface area contributed by atoms with Crippen LogP contribution >= 0.6 is 0 Å². The van der Waals surface area contributed by atoms with Crippen LogP contribution < -0.4 is 0 Å². The molecule has 1 aromatic rings. The van der Waals surface area contributed by atoms with Crippen LogP contribution in [0.15, 0.2) is 28.2 Å². The number of rotatable bonds is 6. The molecule has 0 saturated heterocycles. The lowest BCUT2D eigenvalue weighted by Crippen LogP contribution is -2.19. The van der Waals surface area contributed by atoms with Gasteiger partial charge in [-0.25, -0.2) is 0 Å². The number of benzene rings is 1. The van der Waals surface area contributed by atoms with E-state index in [4.69, 9.17) is 9.98 Å². The van der Waals surface area contributed by atoms with Gasteiger partial charge >= 0.3 is 0 Å². The average Bonchev–Trinajstić information content (AvgIpc) is 2.56. The predicted octanol–water partition coefficient (Wildman–Crippen LogP) is 6.82. The summed E-state index contributed by atoms with van der Waals surface area (Å²) in [4.78, 5) is 10.1. The van der Waals surface area contributed by atoms with Crippen molar-refractivity contribution in [3.8, 4) is 0 Å². The van der Waals surface area contributed by atoms with E-state index in [0.29, 0.717) is 11.8 Å². The van der Waals surface area contributed by atoms with Gasteiger partial charge in [0.1, 0.15) is 0 Å². The van der Waals surface area contributed by atoms with Crippen LogP contribution in [0.5, 0.6) is 0 Å². The van der Waals surface area contributed by atoms with Gasteiger partial charge in [-0.05, 0) is 55.1 Å². The van der Waals surface area contributed by atoms with Gasteiger partial charge in [0, 0.05) is 6.54 Å². The van der Waals surface area contributed by atoms with E-state index < -0.39 is 0 Å². The summed E-state index contributed by atoms with van der Waals surface area (Å²) in [6.45, 7) is 12.2. The van der Waals surface area contributed by atoms with Crippen molar-refractivity contribution in [2.45, 2.75) is 85.0 Å². The molecule has 0 amide bonds. The predicted molar refractivity (Wildman–Crippen MR) is 107 cm³/mol. The van der Waals surface area contributed by atoms with Crippen molar-refractivity contribution >= 4 is 17.1 Å².